The largest absolute Gasteiger partial charge is 0.416 e. The van der Waals surface area contributed by atoms with Gasteiger partial charge in [0.05, 0.1) is 5.56 Å². The van der Waals surface area contributed by atoms with Crippen LogP contribution in [0.3, 0.4) is 0 Å². The van der Waals surface area contributed by atoms with Crippen molar-refractivity contribution in [1.82, 2.24) is 15.0 Å². The van der Waals surface area contributed by atoms with Gasteiger partial charge in [0.15, 0.2) is 0 Å². The highest BCUT2D eigenvalue weighted by Gasteiger charge is 2.30. The zero-order valence-electron chi connectivity index (χ0n) is 15.8. The summed E-state index contributed by atoms with van der Waals surface area (Å²) in [6, 6.07) is 18.1. The quantitative estimate of drug-likeness (QED) is 0.464. The summed E-state index contributed by atoms with van der Waals surface area (Å²) in [6.45, 7) is 0.332. The fourth-order valence-electron chi connectivity index (χ4n) is 3.16. The molecule has 0 saturated heterocycles. The summed E-state index contributed by atoms with van der Waals surface area (Å²) < 4.78 is 43.1. The molecule has 3 aromatic carbocycles. The number of hydrogen-bond donors (Lipinski definition) is 0. The first kappa shape index (κ1) is 19.6. The molecule has 0 aliphatic carbocycles. The van der Waals surface area contributed by atoms with Gasteiger partial charge in [-0.15, -0.1) is 0 Å². The lowest BCUT2D eigenvalue weighted by molar-refractivity contribution is -0.137. The SMILES string of the molecule is CN(Cc1cccc2ccccc12)C(=O)c1nc(-c2ccc(C(F)(F)F)cc2)no1. The molecule has 4 rings (SSSR count). The molecule has 0 bridgehead atoms. The fourth-order valence-corrected chi connectivity index (χ4v) is 3.16. The Morgan fingerprint density at radius 1 is 1.00 bits per heavy atom. The van der Waals surface area contributed by atoms with E-state index in [1.807, 2.05) is 42.5 Å². The lowest BCUT2D eigenvalue weighted by atomic mass is 10.0. The van der Waals surface area contributed by atoms with Crippen LogP contribution in [0, 0.1) is 0 Å². The molecule has 0 N–H and O–H groups in total. The van der Waals surface area contributed by atoms with E-state index in [4.69, 9.17) is 4.52 Å². The molecule has 5 nitrogen and oxygen atoms in total. The standard InChI is InChI=1S/C22H16F3N3O2/c1-28(13-16-7-4-6-14-5-2-3-8-18(14)16)21(29)20-26-19(27-30-20)15-9-11-17(12-10-15)22(23,24)25/h2-12H,13H2,1H3. The van der Waals surface area contributed by atoms with Crippen molar-refractivity contribution < 1.29 is 22.5 Å². The number of fused-ring (bicyclic) bond motifs is 1. The van der Waals surface area contributed by atoms with Crippen LogP contribution in [0.15, 0.2) is 71.3 Å². The smallest absolute Gasteiger partial charge is 0.333 e. The first-order valence-corrected chi connectivity index (χ1v) is 9.06. The molecule has 8 heteroatoms. The van der Waals surface area contributed by atoms with E-state index in [0.717, 1.165) is 28.5 Å². The fraction of sp³-hybridized carbons (Fsp3) is 0.136. The maximum atomic E-state index is 12.7. The Hall–Kier alpha value is -3.68. The number of alkyl halides is 3. The van der Waals surface area contributed by atoms with E-state index in [9.17, 15) is 18.0 Å². The molecule has 0 atom stereocenters. The highest BCUT2D eigenvalue weighted by Crippen LogP contribution is 2.30. The van der Waals surface area contributed by atoms with Crippen molar-refractivity contribution in [3.05, 3.63) is 83.7 Å². The molecule has 0 fully saturated rings. The van der Waals surface area contributed by atoms with Crippen LogP contribution < -0.4 is 0 Å². The van der Waals surface area contributed by atoms with Crippen LogP contribution in [0.25, 0.3) is 22.2 Å². The van der Waals surface area contributed by atoms with Gasteiger partial charge < -0.3 is 9.42 Å². The van der Waals surface area contributed by atoms with Crippen LogP contribution in [0.2, 0.25) is 0 Å². The third-order valence-electron chi connectivity index (χ3n) is 4.71. The van der Waals surface area contributed by atoms with E-state index >= 15 is 0 Å². The minimum absolute atomic E-state index is 0.0469. The average Bonchev–Trinajstić information content (AvgIpc) is 3.23. The molecular weight excluding hydrogens is 395 g/mol. The second-order valence-corrected chi connectivity index (χ2v) is 6.80. The Bertz CT molecular complexity index is 1190. The van der Waals surface area contributed by atoms with Gasteiger partial charge in [-0.25, -0.2) is 0 Å². The normalized spacial score (nSPS) is 11.6. The summed E-state index contributed by atoms with van der Waals surface area (Å²) in [5.41, 5.74) is 0.509. The second kappa shape index (κ2) is 7.62. The molecule has 0 radical (unpaired) electrons. The van der Waals surface area contributed by atoms with Gasteiger partial charge in [0.2, 0.25) is 5.82 Å². The van der Waals surface area contributed by atoms with E-state index in [-0.39, 0.29) is 11.7 Å². The minimum atomic E-state index is -4.43. The van der Waals surface area contributed by atoms with E-state index in [0.29, 0.717) is 12.1 Å². The minimum Gasteiger partial charge on any atom is -0.333 e. The molecule has 1 aromatic heterocycles. The molecule has 0 saturated carbocycles. The number of carbonyl (C=O) groups excluding carboxylic acids is 1. The van der Waals surface area contributed by atoms with E-state index in [1.165, 1.54) is 17.0 Å². The predicted octanol–water partition coefficient (Wildman–Crippen LogP) is 5.18. The number of halogens is 3. The summed E-state index contributed by atoms with van der Waals surface area (Å²) >= 11 is 0. The number of aromatic nitrogens is 2. The Labute approximate surface area is 169 Å². The van der Waals surface area contributed by atoms with E-state index in [2.05, 4.69) is 10.1 Å². The first-order chi connectivity index (χ1) is 14.3. The van der Waals surface area contributed by atoms with Crippen LogP contribution in [-0.2, 0) is 12.7 Å². The molecule has 30 heavy (non-hydrogen) atoms. The molecule has 0 unspecified atom stereocenters. The van der Waals surface area contributed by atoms with Crippen molar-refractivity contribution in [3.8, 4) is 11.4 Å². The monoisotopic (exact) mass is 411 g/mol. The van der Waals surface area contributed by atoms with Gasteiger partial charge in [-0.3, -0.25) is 4.79 Å². The van der Waals surface area contributed by atoms with Gasteiger partial charge >= 0.3 is 18.0 Å². The van der Waals surface area contributed by atoms with Crippen LogP contribution in [0.1, 0.15) is 21.8 Å². The molecule has 1 amide bonds. The number of benzene rings is 3. The maximum absolute atomic E-state index is 12.7. The highest BCUT2D eigenvalue weighted by molar-refractivity contribution is 5.91. The van der Waals surface area contributed by atoms with Crippen molar-refractivity contribution in [2.75, 3.05) is 7.05 Å². The first-order valence-electron chi connectivity index (χ1n) is 9.06. The van der Waals surface area contributed by atoms with E-state index in [1.54, 1.807) is 7.05 Å². The Morgan fingerprint density at radius 3 is 2.43 bits per heavy atom. The van der Waals surface area contributed by atoms with Gasteiger partial charge in [-0.2, -0.15) is 18.2 Å². The number of hydrogen-bond acceptors (Lipinski definition) is 4. The van der Waals surface area contributed by atoms with Crippen molar-refractivity contribution in [2.45, 2.75) is 12.7 Å². The van der Waals surface area contributed by atoms with Gasteiger partial charge in [0.25, 0.3) is 0 Å². The van der Waals surface area contributed by atoms with Crippen LogP contribution in [0.5, 0.6) is 0 Å². The van der Waals surface area contributed by atoms with Gasteiger partial charge in [0.1, 0.15) is 0 Å². The zero-order chi connectivity index (χ0) is 21.3. The predicted molar refractivity (Wildman–Crippen MR) is 104 cm³/mol. The molecule has 0 spiro atoms. The summed E-state index contributed by atoms with van der Waals surface area (Å²) in [5, 5.41) is 5.83. The van der Waals surface area contributed by atoms with Crippen LogP contribution in [-0.4, -0.2) is 28.0 Å². The molecule has 4 aromatic rings. The van der Waals surface area contributed by atoms with Crippen molar-refractivity contribution >= 4 is 16.7 Å². The topological polar surface area (TPSA) is 59.2 Å². The molecule has 0 aliphatic heterocycles. The van der Waals surface area contributed by atoms with E-state index < -0.39 is 17.6 Å². The zero-order valence-corrected chi connectivity index (χ0v) is 15.8. The van der Waals surface area contributed by atoms with Crippen molar-refractivity contribution in [2.24, 2.45) is 0 Å². The lowest BCUT2D eigenvalue weighted by Gasteiger charge is -2.16. The second-order valence-electron chi connectivity index (χ2n) is 6.80. The van der Waals surface area contributed by atoms with Crippen LogP contribution in [0.4, 0.5) is 13.2 Å². The third kappa shape index (κ3) is 3.89. The number of amides is 1. The number of carbonyl (C=O) groups is 1. The Kier molecular flexibility index (Phi) is 4.99. The van der Waals surface area contributed by atoms with Crippen molar-refractivity contribution in [1.29, 1.82) is 0 Å². The van der Waals surface area contributed by atoms with Gasteiger partial charge in [0, 0.05) is 19.2 Å². The lowest BCUT2D eigenvalue weighted by Crippen LogP contribution is -2.26. The molecular formula is C22H16F3N3O2. The highest BCUT2D eigenvalue weighted by atomic mass is 19.4. The summed E-state index contributed by atoms with van der Waals surface area (Å²) in [4.78, 5) is 18.2. The summed E-state index contributed by atoms with van der Waals surface area (Å²) in [5.74, 6) is -0.660. The Balaban J connectivity index is 1.52. The van der Waals surface area contributed by atoms with Crippen LogP contribution >= 0.6 is 0 Å². The number of nitrogens with zero attached hydrogens (tertiary/aromatic N) is 3. The molecule has 152 valence electrons. The third-order valence-corrected chi connectivity index (χ3v) is 4.71. The van der Waals surface area contributed by atoms with Gasteiger partial charge in [-0.05, 0) is 28.5 Å². The maximum Gasteiger partial charge on any atom is 0.416 e. The summed E-state index contributed by atoms with van der Waals surface area (Å²) in [7, 11) is 1.62. The molecule has 1 heterocycles. The summed E-state index contributed by atoms with van der Waals surface area (Å²) in [6.07, 6.45) is -4.43. The van der Waals surface area contributed by atoms with Gasteiger partial charge in [-0.1, -0.05) is 59.8 Å². The number of rotatable bonds is 4. The Morgan fingerprint density at radius 2 is 1.70 bits per heavy atom. The average molecular weight is 411 g/mol. The van der Waals surface area contributed by atoms with Crippen molar-refractivity contribution in [3.63, 3.8) is 0 Å². The molecule has 0 aliphatic rings.